The van der Waals surface area contributed by atoms with Gasteiger partial charge in [0.2, 0.25) is 6.29 Å². The van der Waals surface area contributed by atoms with Crippen LogP contribution in [0.5, 0.6) is 0 Å². The summed E-state index contributed by atoms with van der Waals surface area (Å²) in [6.45, 7) is 0.0497. The second-order valence-corrected chi connectivity index (χ2v) is 4.27. The van der Waals surface area contributed by atoms with Gasteiger partial charge < -0.3 is 9.84 Å². The Balaban J connectivity index is 2.31. The van der Waals surface area contributed by atoms with Gasteiger partial charge in [-0.1, -0.05) is 11.6 Å². The number of nitrogens with zero attached hydrogens (tertiary/aromatic N) is 1. The Morgan fingerprint density at radius 1 is 1.60 bits per heavy atom. The lowest BCUT2D eigenvalue weighted by Gasteiger charge is -2.14. The SMILES string of the molecule is O=C1C(O)OCN1c1ccc(Cl)c(Br)c1. The molecular weight excluding hydrogens is 285 g/mol. The number of carbonyl (C=O) groups is 1. The quantitative estimate of drug-likeness (QED) is 0.858. The monoisotopic (exact) mass is 291 g/mol. The van der Waals surface area contributed by atoms with Gasteiger partial charge in [-0.3, -0.25) is 9.69 Å². The minimum absolute atomic E-state index is 0.0497. The highest BCUT2D eigenvalue weighted by Gasteiger charge is 2.31. The van der Waals surface area contributed by atoms with Crippen LogP contribution >= 0.6 is 27.5 Å². The van der Waals surface area contributed by atoms with Crippen molar-refractivity contribution in [2.24, 2.45) is 0 Å². The Kier molecular flexibility index (Phi) is 2.97. The lowest BCUT2D eigenvalue weighted by molar-refractivity contribution is -0.139. The molecule has 0 spiro atoms. The molecule has 0 saturated carbocycles. The Bertz CT molecular complexity index is 412. The van der Waals surface area contributed by atoms with E-state index in [2.05, 4.69) is 15.9 Å². The van der Waals surface area contributed by atoms with E-state index in [0.717, 1.165) is 0 Å². The average Bonchev–Trinajstić information content (AvgIpc) is 2.53. The molecule has 1 aromatic rings. The minimum Gasteiger partial charge on any atom is -0.360 e. The van der Waals surface area contributed by atoms with Crippen molar-refractivity contribution in [2.45, 2.75) is 6.29 Å². The summed E-state index contributed by atoms with van der Waals surface area (Å²) in [6, 6.07) is 5.05. The van der Waals surface area contributed by atoms with Crippen LogP contribution in [0, 0.1) is 0 Å². The normalized spacial score (nSPS) is 21.1. The number of amides is 1. The predicted octanol–water partition coefficient (Wildman–Crippen LogP) is 1.74. The molecule has 2 rings (SSSR count). The van der Waals surface area contributed by atoms with Crippen molar-refractivity contribution in [1.29, 1.82) is 0 Å². The summed E-state index contributed by atoms with van der Waals surface area (Å²) in [5.41, 5.74) is 0.632. The molecule has 80 valence electrons. The van der Waals surface area contributed by atoms with Crippen molar-refractivity contribution in [3.63, 3.8) is 0 Å². The molecule has 4 nitrogen and oxygen atoms in total. The van der Waals surface area contributed by atoms with E-state index < -0.39 is 12.2 Å². The number of benzene rings is 1. The molecule has 1 aliphatic heterocycles. The molecule has 1 amide bonds. The first-order valence-corrected chi connectivity index (χ1v) is 5.33. The summed E-state index contributed by atoms with van der Waals surface area (Å²) in [7, 11) is 0. The molecule has 1 heterocycles. The molecule has 1 unspecified atom stereocenters. The van der Waals surface area contributed by atoms with Crippen LogP contribution in [-0.2, 0) is 9.53 Å². The first kappa shape index (κ1) is 10.9. The molecule has 0 radical (unpaired) electrons. The highest BCUT2D eigenvalue weighted by molar-refractivity contribution is 9.10. The average molecular weight is 293 g/mol. The molecule has 0 aliphatic carbocycles. The summed E-state index contributed by atoms with van der Waals surface area (Å²) in [5, 5.41) is 9.66. The molecule has 0 bridgehead atoms. The second kappa shape index (κ2) is 4.09. The zero-order valence-electron chi connectivity index (χ0n) is 7.48. The van der Waals surface area contributed by atoms with Crippen molar-refractivity contribution in [2.75, 3.05) is 11.6 Å². The van der Waals surface area contributed by atoms with E-state index in [1.54, 1.807) is 18.2 Å². The fraction of sp³-hybridized carbons (Fsp3) is 0.222. The number of carbonyl (C=O) groups excluding carboxylic acids is 1. The number of halogens is 2. The standard InChI is InChI=1S/C9H7BrClNO3/c10-6-3-5(1-2-7(6)11)12-4-15-9(14)8(12)13/h1-3,9,14H,4H2. The maximum absolute atomic E-state index is 11.4. The molecule has 6 heteroatoms. The smallest absolute Gasteiger partial charge is 0.285 e. The number of ether oxygens (including phenoxy) is 1. The van der Waals surface area contributed by atoms with Crippen LogP contribution < -0.4 is 4.90 Å². The van der Waals surface area contributed by atoms with Gasteiger partial charge in [0.25, 0.3) is 5.91 Å². The number of hydrogen-bond acceptors (Lipinski definition) is 3. The third kappa shape index (κ3) is 2.01. The Labute approximate surface area is 99.5 Å². The van der Waals surface area contributed by atoms with Gasteiger partial charge in [-0.2, -0.15) is 0 Å². The Morgan fingerprint density at radius 3 is 2.87 bits per heavy atom. The first-order chi connectivity index (χ1) is 7.09. The van der Waals surface area contributed by atoms with E-state index in [1.807, 2.05) is 0 Å². The third-order valence-electron chi connectivity index (χ3n) is 2.05. The van der Waals surface area contributed by atoms with E-state index >= 15 is 0 Å². The summed E-state index contributed by atoms with van der Waals surface area (Å²) < 4.78 is 5.48. The second-order valence-electron chi connectivity index (χ2n) is 3.01. The van der Waals surface area contributed by atoms with Gasteiger partial charge in [0.1, 0.15) is 6.73 Å². The van der Waals surface area contributed by atoms with Crippen LogP contribution in [-0.4, -0.2) is 24.0 Å². The number of aliphatic hydroxyl groups excluding tert-OH is 1. The van der Waals surface area contributed by atoms with Crippen molar-refractivity contribution < 1.29 is 14.6 Å². The minimum atomic E-state index is -1.36. The van der Waals surface area contributed by atoms with E-state index in [9.17, 15) is 4.79 Å². The zero-order valence-corrected chi connectivity index (χ0v) is 9.83. The van der Waals surface area contributed by atoms with Crippen LogP contribution in [0.15, 0.2) is 22.7 Å². The number of aliphatic hydroxyl groups is 1. The molecule has 15 heavy (non-hydrogen) atoms. The van der Waals surface area contributed by atoms with Crippen molar-refractivity contribution in [3.8, 4) is 0 Å². The summed E-state index contributed by atoms with van der Waals surface area (Å²) in [5.74, 6) is -0.468. The topological polar surface area (TPSA) is 49.8 Å². The van der Waals surface area contributed by atoms with Crippen molar-refractivity contribution in [1.82, 2.24) is 0 Å². The summed E-state index contributed by atoms with van der Waals surface area (Å²) in [4.78, 5) is 12.7. The lowest BCUT2D eigenvalue weighted by Crippen LogP contribution is -2.29. The van der Waals surface area contributed by atoms with Gasteiger partial charge in [0.05, 0.1) is 5.02 Å². The third-order valence-corrected chi connectivity index (χ3v) is 3.27. The van der Waals surface area contributed by atoms with Crippen LogP contribution in [0.25, 0.3) is 0 Å². The first-order valence-electron chi connectivity index (χ1n) is 4.15. The Hall–Kier alpha value is -0.620. The van der Waals surface area contributed by atoms with Gasteiger partial charge in [-0.25, -0.2) is 0 Å². The molecule has 1 aliphatic rings. The van der Waals surface area contributed by atoms with Crippen LogP contribution in [0.4, 0.5) is 5.69 Å². The molecule has 1 fully saturated rings. The highest BCUT2D eigenvalue weighted by Crippen LogP contribution is 2.29. The summed E-state index contributed by atoms with van der Waals surface area (Å²) >= 11 is 9.08. The van der Waals surface area contributed by atoms with Crippen molar-refractivity contribution >= 4 is 39.1 Å². The van der Waals surface area contributed by atoms with Gasteiger partial charge in [-0.15, -0.1) is 0 Å². The fourth-order valence-electron chi connectivity index (χ4n) is 1.27. The predicted molar refractivity (Wildman–Crippen MR) is 58.6 cm³/mol. The highest BCUT2D eigenvalue weighted by atomic mass is 79.9. The van der Waals surface area contributed by atoms with E-state index in [0.29, 0.717) is 15.2 Å². The van der Waals surface area contributed by atoms with E-state index in [1.165, 1.54) is 4.90 Å². The van der Waals surface area contributed by atoms with Crippen molar-refractivity contribution in [3.05, 3.63) is 27.7 Å². The van der Waals surface area contributed by atoms with Gasteiger partial charge in [-0.05, 0) is 34.1 Å². The molecule has 1 aromatic carbocycles. The number of rotatable bonds is 1. The molecule has 1 saturated heterocycles. The zero-order chi connectivity index (χ0) is 11.0. The van der Waals surface area contributed by atoms with Crippen LogP contribution in [0.3, 0.4) is 0 Å². The van der Waals surface area contributed by atoms with Gasteiger partial charge in [0.15, 0.2) is 0 Å². The molecule has 1 atom stereocenters. The maximum Gasteiger partial charge on any atom is 0.285 e. The fourth-order valence-corrected chi connectivity index (χ4v) is 1.75. The van der Waals surface area contributed by atoms with Gasteiger partial charge >= 0.3 is 0 Å². The molecular formula is C9H7BrClNO3. The largest absolute Gasteiger partial charge is 0.360 e. The van der Waals surface area contributed by atoms with E-state index in [4.69, 9.17) is 21.4 Å². The molecule has 0 aromatic heterocycles. The number of anilines is 1. The van der Waals surface area contributed by atoms with Gasteiger partial charge in [0, 0.05) is 10.2 Å². The Morgan fingerprint density at radius 2 is 2.33 bits per heavy atom. The maximum atomic E-state index is 11.4. The number of hydrogen-bond donors (Lipinski definition) is 1. The van der Waals surface area contributed by atoms with E-state index in [-0.39, 0.29) is 6.73 Å². The lowest BCUT2D eigenvalue weighted by atomic mass is 10.3. The molecule has 1 N–H and O–H groups in total. The summed E-state index contributed by atoms with van der Waals surface area (Å²) in [6.07, 6.45) is -1.36. The van der Waals surface area contributed by atoms with Crippen LogP contribution in [0.1, 0.15) is 0 Å². The van der Waals surface area contributed by atoms with Crippen LogP contribution in [0.2, 0.25) is 5.02 Å².